The van der Waals surface area contributed by atoms with Gasteiger partial charge >= 0.3 is 0 Å². The van der Waals surface area contributed by atoms with Crippen molar-refractivity contribution in [2.45, 2.75) is 20.3 Å². The highest BCUT2D eigenvalue weighted by Gasteiger charge is 2.14. The number of anilines is 1. The maximum atomic E-state index is 12.3. The fraction of sp³-hybridized carbons (Fsp3) is 0.263. The van der Waals surface area contributed by atoms with Crippen molar-refractivity contribution in [2.75, 3.05) is 19.0 Å². The number of hydrogen-bond acceptors (Lipinski definition) is 4. The minimum absolute atomic E-state index is 0.193. The van der Waals surface area contributed by atoms with Crippen LogP contribution in [0.2, 0.25) is 0 Å². The van der Waals surface area contributed by atoms with E-state index in [4.69, 9.17) is 15.2 Å². The van der Waals surface area contributed by atoms with Gasteiger partial charge in [-0.1, -0.05) is 25.1 Å². The summed E-state index contributed by atoms with van der Waals surface area (Å²) in [7, 11) is 1.50. The van der Waals surface area contributed by atoms with Crippen molar-refractivity contribution in [3.63, 3.8) is 0 Å². The molecule has 0 aliphatic carbocycles. The maximum Gasteiger partial charge on any atom is 0.262 e. The minimum atomic E-state index is -0.634. The molecule has 0 saturated carbocycles. The fourth-order valence-electron chi connectivity index (χ4n) is 2.47. The molecule has 0 radical (unpaired) electrons. The molecule has 132 valence electrons. The van der Waals surface area contributed by atoms with E-state index in [0.717, 1.165) is 23.2 Å². The topological polar surface area (TPSA) is 90.7 Å². The van der Waals surface area contributed by atoms with E-state index >= 15 is 0 Å². The van der Waals surface area contributed by atoms with Gasteiger partial charge in [-0.15, -0.1) is 0 Å². The van der Waals surface area contributed by atoms with Gasteiger partial charge in [0, 0.05) is 11.8 Å². The molecule has 0 unspecified atom stereocenters. The van der Waals surface area contributed by atoms with Crippen LogP contribution in [0.5, 0.6) is 11.5 Å². The summed E-state index contributed by atoms with van der Waals surface area (Å²) in [6.45, 7) is 3.71. The molecular weight excluding hydrogens is 320 g/mol. The molecule has 0 fully saturated rings. The Morgan fingerprint density at radius 3 is 2.60 bits per heavy atom. The van der Waals surface area contributed by atoms with Crippen molar-refractivity contribution < 1.29 is 19.1 Å². The molecule has 0 saturated heterocycles. The van der Waals surface area contributed by atoms with Crippen molar-refractivity contribution in [3.8, 4) is 11.5 Å². The molecule has 2 rings (SSSR count). The quantitative estimate of drug-likeness (QED) is 0.809. The Morgan fingerprint density at radius 2 is 1.96 bits per heavy atom. The minimum Gasteiger partial charge on any atom is -0.497 e. The van der Waals surface area contributed by atoms with Gasteiger partial charge in [-0.25, -0.2) is 0 Å². The van der Waals surface area contributed by atoms with Gasteiger partial charge < -0.3 is 20.5 Å². The summed E-state index contributed by atoms with van der Waals surface area (Å²) < 4.78 is 10.6. The lowest BCUT2D eigenvalue weighted by molar-refractivity contribution is -0.118. The third-order valence-electron chi connectivity index (χ3n) is 3.82. The molecule has 0 atom stereocenters. The number of aryl methyl sites for hydroxylation is 2. The van der Waals surface area contributed by atoms with Gasteiger partial charge in [0.1, 0.15) is 11.5 Å². The highest BCUT2D eigenvalue weighted by atomic mass is 16.5. The number of nitrogens with two attached hydrogens (primary N) is 1. The fourth-order valence-corrected chi connectivity index (χ4v) is 2.47. The number of carbonyl (C=O) groups is 2. The van der Waals surface area contributed by atoms with E-state index in [1.807, 2.05) is 32.0 Å². The Labute approximate surface area is 146 Å². The van der Waals surface area contributed by atoms with Crippen LogP contribution >= 0.6 is 0 Å². The number of hydrogen-bond donors (Lipinski definition) is 2. The predicted molar refractivity (Wildman–Crippen MR) is 96.2 cm³/mol. The Bertz CT molecular complexity index is 787. The van der Waals surface area contributed by atoms with Crippen LogP contribution in [0.15, 0.2) is 36.4 Å². The highest BCUT2D eigenvalue weighted by molar-refractivity contribution is 5.96. The maximum absolute atomic E-state index is 12.3. The Hall–Kier alpha value is -3.02. The van der Waals surface area contributed by atoms with Gasteiger partial charge in [0.15, 0.2) is 6.61 Å². The Morgan fingerprint density at radius 1 is 1.20 bits per heavy atom. The van der Waals surface area contributed by atoms with Crippen LogP contribution in [0.3, 0.4) is 0 Å². The van der Waals surface area contributed by atoms with Crippen LogP contribution in [-0.4, -0.2) is 25.5 Å². The number of ether oxygens (including phenoxy) is 2. The molecule has 3 N–H and O–H groups in total. The van der Waals surface area contributed by atoms with Crippen LogP contribution in [-0.2, 0) is 11.2 Å². The molecular formula is C19H22N2O4. The largest absolute Gasteiger partial charge is 0.497 e. The van der Waals surface area contributed by atoms with E-state index in [9.17, 15) is 9.59 Å². The number of para-hydroxylation sites is 1. The van der Waals surface area contributed by atoms with Gasteiger partial charge in [-0.2, -0.15) is 0 Å². The molecule has 0 heterocycles. The zero-order valence-corrected chi connectivity index (χ0v) is 14.6. The number of rotatable bonds is 7. The molecule has 6 heteroatoms. The molecule has 0 spiro atoms. The lowest BCUT2D eigenvalue weighted by atomic mass is 10.1. The molecule has 6 nitrogen and oxygen atoms in total. The lowest BCUT2D eigenvalue weighted by Crippen LogP contribution is -2.22. The molecule has 2 amide bonds. The van der Waals surface area contributed by atoms with E-state index < -0.39 is 5.91 Å². The Kier molecular flexibility index (Phi) is 6.00. The monoisotopic (exact) mass is 342 g/mol. The van der Waals surface area contributed by atoms with Crippen LogP contribution in [0.25, 0.3) is 0 Å². The zero-order valence-electron chi connectivity index (χ0n) is 14.6. The average Bonchev–Trinajstić information content (AvgIpc) is 2.61. The molecule has 0 bridgehead atoms. The first-order chi connectivity index (χ1) is 12.0. The van der Waals surface area contributed by atoms with Crippen molar-refractivity contribution in [3.05, 3.63) is 53.1 Å². The molecule has 0 aromatic heterocycles. The van der Waals surface area contributed by atoms with Gasteiger partial charge in [-0.05, 0) is 36.6 Å². The van der Waals surface area contributed by atoms with E-state index in [-0.39, 0.29) is 23.8 Å². The molecule has 0 aliphatic heterocycles. The number of methoxy groups -OCH3 is 1. The van der Waals surface area contributed by atoms with Crippen LogP contribution in [0, 0.1) is 6.92 Å². The number of carbonyl (C=O) groups excluding carboxylic acids is 2. The number of benzene rings is 2. The summed E-state index contributed by atoms with van der Waals surface area (Å²) in [6, 6.07) is 10.5. The van der Waals surface area contributed by atoms with Gasteiger partial charge in [0.2, 0.25) is 0 Å². The summed E-state index contributed by atoms with van der Waals surface area (Å²) >= 11 is 0. The van der Waals surface area contributed by atoms with E-state index in [1.165, 1.54) is 19.2 Å². The average molecular weight is 342 g/mol. The van der Waals surface area contributed by atoms with Gasteiger partial charge in [0.05, 0.1) is 12.7 Å². The number of nitrogens with one attached hydrogen (secondary N) is 1. The van der Waals surface area contributed by atoms with Crippen LogP contribution in [0.4, 0.5) is 5.69 Å². The smallest absolute Gasteiger partial charge is 0.262 e. The normalized spacial score (nSPS) is 10.2. The third-order valence-corrected chi connectivity index (χ3v) is 3.82. The molecule has 0 aliphatic rings. The van der Waals surface area contributed by atoms with Crippen molar-refractivity contribution in [2.24, 2.45) is 5.73 Å². The van der Waals surface area contributed by atoms with E-state index in [0.29, 0.717) is 5.75 Å². The van der Waals surface area contributed by atoms with Crippen molar-refractivity contribution >= 4 is 17.5 Å². The number of amides is 2. The lowest BCUT2D eigenvalue weighted by Gasteiger charge is -2.14. The Balaban J connectivity index is 2.12. The first-order valence-corrected chi connectivity index (χ1v) is 7.95. The van der Waals surface area contributed by atoms with Crippen molar-refractivity contribution in [1.29, 1.82) is 0 Å². The van der Waals surface area contributed by atoms with E-state index in [1.54, 1.807) is 6.07 Å². The summed E-state index contributed by atoms with van der Waals surface area (Å²) in [6.07, 6.45) is 0.805. The van der Waals surface area contributed by atoms with Gasteiger partial charge in [0.25, 0.3) is 11.8 Å². The second-order valence-corrected chi connectivity index (χ2v) is 5.53. The highest BCUT2D eigenvalue weighted by Crippen LogP contribution is 2.25. The summed E-state index contributed by atoms with van der Waals surface area (Å²) in [5.41, 5.74) is 8.35. The first-order valence-electron chi connectivity index (χ1n) is 7.95. The number of primary amides is 1. The zero-order chi connectivity index (χ0) is 18.4. The summed E-state index contributed by atoms with van der Waals surface area (Å²) in [5, 5.41) is 2.87. The summed E-state index contributed by atoms with van der Waals surface area (Å²) in [4.78, 5) is 23.7. The standard InChI is InChI=1S/C19H22N2O4/c1-4-13-7-5-6-12(2)18(13)21-17(22)11-25-16-10-14(24-3)8-9-15(16)19(20)23/h5-10H,4,11H2,1-3H3,(H2,20,23)(H,21,22). The molecule has 2 aromatic rings. The third kappa shape index (κ3) is 4.50. The molecule has 25 heavy (non-hydrogen) atoms. The van der Waals surface area contributed by atoms with Gasteiger partial charge in [-0.3, -0.25) is 9.59 Å². The van der Waals surface area contributed by atoms with Crippen LogP contribution < -0.4 is 20.5 Å². The SMILES string of the molecule is CCc1cccc(C)c1NC(=O)COc1cc(OC)ccc1C(N)=O. The second-order valence-electron chi connectivity index (χ2n) is 5.53. The van der Waals surface area contributed by atoms with Crippen LogP contribution in [0.1, 0.15) is 28.4 Å². The van der Waals surface area contributed by atoms with Crippen molar-refractivity contribution in [1.82, 2.24) is 0 Å². The second kappa shape index (κ2) is 8.19. The predicted octanol–water partition coefficient (Wildman–Crippen LogP) is 2.68. The van der Waals surface area contributed by atoms with E-state index in [2.05, 4.69) is 5.32 Å². The summed E-state index contributed by atoms with van der Waals surface area (Å²) in [5.74, 6) is -0.234. The molecule has 2 aromatic carbocycles. The first kappa shape index (κ1) is 18.3.